The number of hydrogen-bond acceptors (Lipinski definition) is 7. The normalized spacial score (nSPS) is 14.0. The van der Waals surface area contributed by atoms with E-state index in [-0.39, 0.29) is 32.3 Å². The quantitative estimate of drug-likeness (QED) is 0.0285. The molecule has 0 amide bonds. The minimum atomic E-state index is -4.27. The zero-order chi connectivity index (χ0) is 35.2. The highest BCUT2D eigenvalue weighted by Gasteiger charge is 2.25. The summed E-state index contributed by atoms with van der Waals surface area (Å²) >= 11 is 0. The highest BCUT2D eigenvalue weighted by Crippen LogP contribution is 2.43. The van der Waals surface area contributed by atoms with Gasteiger partial charge in [-0.2, -0.15) is 0 Å². The molecule has 8 nitrogen and oxygen atoms in total. The van der Waals surface area contributed by atoms with Crippen LogP contribution >= 0.6 is 7.82 Å². The van der Waals surface area contributed by atoms with E-state index in [1.165, 1.54) is 77.0 Å². The van der Waals surface area contributed by atoms with E-state index in [0.29, 0.717) is 13.0 Å². The standard InChI is InChI=1S/C39H74NO7P/c1-3-5-7-9-11-13-15-17-19-20-22-24-26-28-30-32-39(41)47-38(37-46-48(42,43)45-35-33-40)36-44-34-31-29-27-25-23-21-18-16-14-12-10-8-6-4-2/h5,7,11,13,17,19,38H,3-4,6,8-10,12,14-16,18,20-37,40H2,1-2H3,(H,42,43)/b7-5-,13-11-,19-17-/t38-/m1/s1. The first-order valence-corrected chi connectivity index (χ1v) is 21.0. The second kappa shape index (κ2) is 37.0. The molecule has 0 heterocycles. The van der Waals surface area contributed by atoms with E-state index in [9.17, 15) is 14.3 Å². The molecule has 0 spiro atoms. The van der Waals surface area contributed by atoms with E-state index in [2.05, 4.69) is 50.3 Å². The Morgan fingerprint density at radius 2 is 1.17 bits per heavy atom. The average Bonchev–Trinajstić information content (AvgIpc) is 3.07. The maximum atomic E-state index is 12.5. The van der Waals surface area contributed by atoms with Crippen molar-refractivity contribution in [2.45, 2.75) is 174 Å². The molecule has 0 aliphatic heterocycles. The van der Waals surface area contributed by atoms with Gasteiger partial charge in [-0.3, -0.25) is 13.8 Å². The summed E-state index contributed by atoms with van der Waals surface area (Å²) in [7, 11) is -4.27. The lowest BCUT2D eigenvalue weighted by atomic mass is 10.0. The van der Waals surface area contributed by atoms with Crippen molar-refractivity contribution in [3.05, 3.63) is 36.5 Å². The largest absolute Gasteiger partial charge is 0.472 e. The zero-order valence-corrected chi connectivity index (χ0v) is 31.9. The minimum absolute atomic E-state index is 0.0976. The molecule has 2 atom stereocenters. The Kier molecular flexibility index (Phi) is 36.0. The van der Waals surface area contributed by atoms with Crippen LogP contribution in [0.4, 0.5) is 0 Å². The summed E-state index contributed by atoms with van der Waals surface area (Å²) in [6, 6.07) is 0. The van der Waals surface area contributed by atoms with Crippen LogP contribution in [0.25, 0.3) is 0 Å². The third-order valence-electron chi connectivity index (χ3n) is 8.07. The molecule has 0 fully saturated rings. The monoisotopic (exact) mass is 700 g/mol. The lowest BCUT2D eigenvalue weighted by molar-refractivity contribution is -0.154. The van der Waals surface area contributed by atoms with Gasteiger partial charge in [0.1, 0.15) is 6.10 Å². The van der Waals surface area contributed by atoms with Gasteiger partial charge in [0.15, 0.2) is 0 Å². The second-order valence-electron chi connectivity index (χ2n) is 12.8. The van der Waals surface area contributed by atoms with Crippen LogP contribution in [-0.4, -0.2) is 49.9 Å². The van der Waals surface area contributed by atoms with Crippen LogP contribution in [-0.2, 0) is 27.9 Å². The molecular formula is C39H74NO7P. The van der Waals surface area contributed by atoms with E-state index in [4.69, 9.17) is 24.3 Å². The molecule has 0 aliphatic carbocycles. The molecule has 0 bridgehead atoms. The molecule has 0 aromatic carbocycles. The number of unbranched alkanes of at least 4 members (excludes halogenated alkanes) is 18. The molecule has 282 valence electrons. The molecule has 0 rings (SSSR count). The lowest BCUT2D eigenvalue weighted by Crippen LogP contribution is -2.28. The fourth-order valence-electron chi connectivity index (χ4n) is 5.25. The number of carbonyl (C=O) groups is 1. The maximum absolute atomic E-state index is 12.5. The molecule has 0 radical (unpaired) electrons. The van der Waals surface area contributed by atoms with Gasteiger partial charge in [0, 0.05) is 19.6 Å². The molecule has 48 heavy (non-hydrogen) atoms. The number of carbonyl (C=O) groups excluding carboxylic acids is 1. The van der Waals surface area contributed by atoms with Gasteiger partial charge in [-0.05, 0) is 44.9 Å². The summed E-state index contributed by atoms with van der Waals surface area (Å²) in [5.41, 5.74) is 5.35. The minimum Gasteiger partial charge on any atom is -0.457 e. The van der Waals surface area contributed by atoms with Crippen molar-refractivity contribution in [1.82, 2.24) is 0 Å². The second-order valence-corrected chi connectivity index (χ2v) is 14.2. The van der Waals surface area contributed by atoms with Crippen molar-refractivity contribution in [3.8, 4) is 0 Å². The Hall–Kier alpha value is -1.28. The van der Waals surface area contributed by atoms with E-state index >= 15 is 0 Å². The van der Waals surface area contributed by atoms with Gasteiger partial charge in [0.25, 0.3) is 0 Å². The maximum Gasteiger partial charge on any atom is 0.472 e. The van der Waals surface area contributed by atoms with Crippen molar-refractivity contribution >= 4 is 13.8 Å². The Morgan fingerprint density at radius 1 is 0.646 bits per heavy atom. The van der Waals surface area contributed by atoms with Gasteiger partial charge in [0.05, 0.1) is 19.8 Å². The predicted molar refractivity (Wildman–Crippen MR) is 201 cm³/mol. The third kappa shape index (κ3) is 36.0. The van der Waals surface area contributed by atoms with Gasteiger partial charge in [0.2, 0.25) is 0 Å². The topological polar surface area (TPSA) is 117 Å². The van der Waals surface area contributed by atoms with Crippen molar-refractivity contribution < 1.29 is 32.8 Å². The molecule has 0 saturated heterocycles. The van der Waals surface area contributed by atoms with Crippen LogP contribution in [0.15, 0.2) is 36.5 Å². The number of hydrogen-bond donors (Lipinski definition) is 2. The van der Waals surface area contributed by atoms with Gasteiger partial charge < -0.3 is 20.1 Å². The molecule has 0 saturated carbocycles. The molecule has 0 aliphatic rings. The fourth-order valence-corrected chi connectivity index (χ4v) is 6.01. The van der Waals surface area contributed by atoms with Crippen LogP contribution in [0.2, 0.25) is 0 Å². The molecule has 9 heteroatoms. The SMILES string of the molecule is CC/C=C\C/C=C\C/C=C\CCCCCCCC(=O)O[C@H](COCCCCCCCCCCCCCCCC)COP(=O)(O)OCCN. The summed E-state index contributed by atoms with van der Waals surface area (Å²) < 4.78 is 33.3. The van der Waals surface area contributed by atoms with E-state index < -0.39 is 13.9 Å². The van der Waals surface area contributed by atoms with Crippen molar-refractivity contribution in [1.29, 1.82) is 0 Å². The van der Waals surface area contributed by atoms with E-state index in [0.717, 1.165) is 70.6 Å². The number of ether oxygens (including phenoxy) is 2. The Labute approximate surface area is 295 Å². The van der Waals surface area contributed by atoms with Gasteiger partial charge >= 0.3 is 13.8 Å². The average molecular weight is 700 g/mol. The number of allylic oxidation sites excluding steroid dienone is 6. The number of phosphoric acid groups is 1. The molecule has 0 aromatic heterocycles. The lowest BCUT2D eigenvalue weighted by Gasteiger charge is -2.20. The summed E-state index contributed by atoms with van der Waals surface area (Å²) in [4.78, 5) is 22.4. The summed E-state index contributed by atoms with van der Waals surface area (Å²) in [6.45, 7) is 4.79. The number of phosphoric ester groups is 1. The first-order valence-electron chi connectivity index (χ1n) is 19.5. The highest BCUT2D eigenvalue weighted by molar-refractivity contribution is 7.47. The fraction of sp³-hybridized carbons (Fsp3) is 0.821. The number of nitrogens with two attached hydrogens (primary N) is 1. The Bertz CT molecular complexity index is 833. The van der Waals surface area contributed by atoms with Crippen LogP contribution < -0.4 is 5.73 Å². The smallest absolute Gasteiger partial charge is 0.457 e. The van der Waals surface area contributed by atoms with E-state index in [1.807, 2.05) is 0 Å². The Morgan fingerprint density at radius 3 is 1.75 bits per heavy atom. The molecular weight excluding hydrogens is 625 g/mol. The van der Waals surface area contributed by atoms with Crippen LogP contribution in [0, 0.1) is 0 Å². The Balaban J connectivity index is 4.10. The van der Waals surface area contributed by atoms with Crippen LogP contribution in [0.1, 0.15) is 168 Å². The molecule has 0 aromatic rings. The van der Waals surface area contributed by atoms with E-state index in [1.54, 1.807) is 0 Å². The van der Waals surface area contributed by atoms with Crippen LogP contribution in [0.5, 0.6) is 0 Å². The first kappa shape index (κ1) is 46.7. The first-order chi connectivity index (χ1) is 23.4. The highest BCUT2D eigenvalue weighted by atomic mass is 31.2. The summed E-state index contributed by atoms with van der Waals surface area (Å²) in [5.74, 6) is -0.347. The summed E-state index contributed by atoms with van der Waals surface area (Å²) in [5, 5.41) is 0. The third-order valence-corrected chi connectivity index (χ3v) is 9.06. The number of rotatable bonds is 37. The van der Waals surface area contributed by atoms with Crippen molar-refractivity contribution in [2.24, 2.45) is 5.73 Å². The zero-order valence-electron chi connectivity index (χ0n) is 31.0. The van der Waals surface area contributed by atoms with Crippen molar-refractivity contribution in [3.63, 3.8) is 0 Å². The van der Waals surface area contributed by atoms with Gasteiger partial charge in [-0.1, -0.05) is 153 Å². The van der Waals surface area contributed by atoms with Gasteiger partial charge in [-0.25, -0.2) is 4.57 Å². The van der Waals surface area contributed by atoms with Crippen molar-refractivity contribution in [2.75, 3.05) is 33.0 Å². The summed E-state index contributed by atoms with van der Waals surface area (Å²) in [6.07, 6.45) is 40.1. The molecule has 1 unspecified atom stereocenters. The number of esters is 1. The predicted octanol–water partition coefficient (Wildman–Crippen LogP) is 11.1. The van der Waals surface area contributed by atoms with Gasteiger partial charge in [-0.15, -0.1) is 0 Å². The van der Waals surface area contributed by atoms with Crippen LogP contribution in [0.3, 0.4) is 0 Å². The molecule has 3 N–H and O–H groups in total.